The summed E-state index contributed by atoms with van der Waals surface area (Å²) in [4.78, 5) is 4.56. The molecule has 7 heteroatoms. The lowest BCUT2D eigenvalue weighted by atomic mass is 10.0. The van der Waals surface area contributed by atoms with Gasteiger partial charge in [-0.05, 0) is 17.9 Å². The van der Waals surface area contributed by atoms with Gasteiger partial charge in [-0.3, -0.25) is 0 Å². The molecule has 3 rings (SSSR count). The van der Waals surface area contributed by atoms with E-state index in [1.807, 2.05) is 30.3 Å². The van der Waals surface area contributed by atoms with Gasteiger partial charge in [0.25, 0.3) is 0 Å². The molecular weight excluding hydrogens is 298 g/mol. The fraction of sp³-hybridized carbons (Fsp3) is 0.200. The molecule has 2 N–H and O–H groups in total. The summed E-state index contributed by atoms with van der Waals surface area (Å²) >= 11 is 6.26. The van der Waals surface area contributed by atoms with Crippen molar-refractivity contribution >= 4 is 36.4 Å². The second-order valence-electron chi connectivity index (χ2n) is 4.85. The molecule has 0 spiro atoms. The molecule has 0 amide bonds. The lowest BCUT2D eigenvalue weighted by Gasteiger charge is -2.11. The highest BCUT2D eigenvalue weighted by molar-refractivity contribution is 6.36. The van der Waals surface area contributed by atoms with E-state index in [0.717, 1.165) is 17.1 Å². The number of anilines is 1. The van der Waals surface area contributed by atoms with Crippen molar-refractivity contribution in [3.8, 4) is 11.3 Å². The van der Waals surface area contributed by atoms with Crippen LogP contribution in [0.15, 0.2) is 36.5 Å². The normalized spacial score (nSPS) is 11.0. The number of benzene rings is 1. The second-order valence-corrected chi connectivity index (χ2v) is 5.25. The van der Waals surface area contributed by atoms with Crippen LogP contribution in [0.2, 0.25) is 5.02 Å². The van der Waals surface area contributed by atoms with Crippen molar-refractivity contribution in [1.82, 2.24) is 14.6 Å². The van der Waals surface area contributed by atoms with Gasteiger partial charge in [-0.15, -0.1) is 0 Å². The number of hydrogen-bond donors (Lipinski definition) is 2. The zero-order valence-electron chi connectivity index (χ0n) is 11.8. The minimum atomic E-state index is 0.125. The van der Waals surface area contributed by atoms with E-state index in [-0.39, 0.29) is 6.61 Å². The van der Waals surface area contributed by atoms with Crippen molar-refractivity contribution in [2.45, 2.75) is 6.42 Å². The van der Waals surface area contributed by atoms with Crippen LogP contribution in [0.5, 0.6) is 0 Å². The van der Waals surface area contributed by atoms with Gasteiger partial charge in [0.2, 0.25) is 0 Å². The Morgan fingerprint density at radius 3 is 2.91 bits per heavy atom. The molecule has 0 saturated carbocycles. The summed E-state index contributed by atoms with van der Waals surface area (Å²) in [5.74, 6) is 0.755. The number of rotatable bonds is 5. The van der Waals surface area contributed by atoms with E-state index in [2.05, 4.69) is 15.4 Å². The van der Waals surface area contributed by atoms with Crippen LogP contribution in [0.25, 0.3) is 16.9 Å². The number of aliphatic hydroxyl groups excluding tert-OH is 1. The minimum Gasteiger partial charge on any atom is -0.396 e. The van der Waals surface area contributed by atoms with Gasteiger partial charge in [0.1, 0.15) is 13.7 Å². The van der Waals surface area contributed by atoms with Crippen molar-refractivity contribution in [3.63, 3.8) is 0 Å². The summed E-state index contributed by atoms with van der Waals surface area (Å²) in [5, 5.41) is 17.0. The van der Waals surface area contributed by atoms with Crippen molar-refractivity contribution in [2.24, 2.45) is 0 Å². The van der Waals surface area contributed by atoms with Gasteiger partial charge in [0, 0.05) is 36.0 Å². The number of halogens is 1. The van der Waals surface area contributed by atoms with E-state index in [1.165, 1.54) is 0 Å². The van der Waals surface area contributed by atoms with Gasteiger partial charge >= 0.3 is 0 Å². The van der Waals surface area contributed by atoms with Crippen molar-refractivity contribution in [3.05, 3.63) is 41.6 Å². The zero-order chi connectivity index (χ0) is 15.5. The van der Waals surface area contributed by atoms with E-state index >= 15 is 0 Å². The fourth-order valence-corrected chi connectivity index (χ4v) is 2.44. The van der Waals surface area contributed by atoms with Crippen LogP contribution in [0.4, 0.5) is 5.82 Å². The summed E-state index contributed by atoms with van der Waals surface area (Å²) < 4.78 is 1.65. The summed E-state index contributed by atoms with van der Waals surface area (Å²) in [6, 6.07) is 9.38. The number of fused-ring (bicyclic) bond motifs is 1. The molecule has 110 valence electrons. The first-order valence-corrected chi connectivity index (χ1v) is 7.32. The van der Waals surface area contributed by atoms with E-state index in [0.29, 0.717) is 29.1 Å². The first-order chi connectivity index (χ1) is 10.7. The Labute approximate surface area is 134 Å². The largest absolute Gasteiger partial charge is 0.396 e. The molecule has 0 bridgehead atoms. The van der Waals surface area contributed by atoms with Gasteiger partial charge in [-0.25, -0.2) is 4.98 Å². The average Bonchev–Trinajstić information content (AvgIpc) is 2.90. The van der Waals surface area contributed by atoms with Gasteiger partial charge in [-0.2, -0.15) is 9.61 Å². The van der Waals surface area contributed by atoms with Gasteiger partial charge < -0.3 is 10.4 Å². The lowest BCUT2D eigenvalue weighted by molar-refractivity contribution is 0.292. The molecule has 1 aromatic carbocycles. The standard InChI is InChI=1S/C15H14BClN4O/c16-11-9-19-21-14(18-6-3-7-22)8-13(20-15(11)21)10-4-1-2-5-12(10)17/h1-2,4-5,8-9,18,22H,3,6-7H2. The first-order valence-electron chi connectivity index (χ1n) is 6.94. The molecule has 0 unspecified atom stereocenters. The molecular formula is C15H14BClN4O. The van der Waals surface area contributed by atoms with Crippen LogP contribution < -0.4 is 10.8 Å². The Bertz CT molecular complexity index is 805. The topological polar surface area (TPSA) is 62.5 Å². The predicted molar refractivity (Wildman–Crippen MR) is 89.0 cm³/mol. The second kappa shape index (κ2) is 6.38. The Balaban J connectivity index is 2.11. The molecule has 0 aliphatic heterocycles. The Hall–Kier alpha value is -2.05. The van der Waals surface area contributed by atoms with E-state index < -0.39 is 0 Å². The highest BCUT2D eigenvalue weighted by Gasteiger charge is 2.11. The zero-order valence-corrected chi connectivity index (χ0v) is 12.6. The number of aliphatic hydroxyl groups is 1. The van der Waals surface area contributed by atoms with Crippen molar-refractivity contribution in [2.75, 3.05) is 18.5 Å². The predicted octanol–water partition coefficient (Wildman–Crippen LogP) is 1.64. The number of nitrogens with zero attached hydrogens (tertiary/aromatic N) is 3. The van der Waals surface area contributed by atoms with E-state index in [9.17, 15) is 0 Å². The molecule has 5 nitrogen and oxygen atoms in total. The number of aromatic nitrogens is 3. The van der Waals surface area contributed by atoms with Crippen molar-refractivity contribution < 1.29 is 5.11 Å². The maximum Gasteiger partial charge on any atom is 0.150 e. The highest BCUT2D eigenvalue weighted by Crippen LogP contribution is 2.28. The molecule has 0 aliphatic rings. The highest BCUT2D eigenvalue weighted by atomic mass is 35.5. The third-order valence-corrected chi connectivity index (χ3v) is 3.62. The van der Waals surface area contributed by atoms with E-state index in [1.54, 1.807) is 10.7 Å². The summed E-state index contributed by atoms with van der Waals surface area (Å²) in [6.45, 7) is 0.747. The summed E-state index contributed by atoms with van der Waals surface area (Å²) in [7, 11) is 5.94. The molecule has 0 fully saturated rings. The van der Waals surface area contributed by atoms with Crippen LogP contribution in [-0.2, 0) is 0 Å². The first kappa shape index (κ1) is 14.9. The Morgan fingerprint density at radius 1 is 1.32 bits per heavy atom. The van der Waals surface area contributed by atoms with Crippen LogP contribution in [-0.4, -0.2) is 40.7 Å². The Kier molecular flexibility index (Phi) is 4.31. The number of hydrogen-bond acceptors (Lipinski definition) is 4. The molecule has 0 atom stereocenters. The average molecular weight is 313 g/mol. The molecule has 2 radical (unpaired) electrons. The molecule has 0 saturated heterocycles. The fourth-order valence-electron chi connectivity index (χ4n) is 2.21. The molecule has 22 heavy (non-hydrogen) atoms. The molecule has 2 aromatic heterocycles. The molecule has 3 aromatic rings. The smallest absolute Gasteiger partial charge is 0.150 e. The van der Waals surface area contributed by atoms with Crippen molar-refractivity contribution in [1.29, 1.82) is 0 Å². The summed E-state index contributed by atoms with van der Waals surface area (Å²) in [5.41, 5.74) is 2.62. The summed E-state index contributed by atoms with van der Waals surface area (Å²) in [6.07, 6.45) is 2.21. The van der Waals surface area contributed by atoms with Crippen LogP contribution >= 0.6 is 11.6 Å². The van der Waals surface area contributed by atoms with Crippen LogP contribution in [0.3, 0.4) is 0 Å². The number of nitrogens with one attached hydrogen (secondary N) is 1. The minimum absolute atomic E-state index is 0.125. The maximum absolute atomic E-state index is 8.92. The van der Waals surface area contributed by atoms with E-state index in [4.69, 9.17) is 24.6 Å². The lowest BCUT2D eigenvalue weighted by Crippen LogP contribution is -2.11. The maximum atomic E-state index is 8.92. The SMILES string of the molecule is [B]c1cnn2c(NCCCO)cc(-c3ccccc3Cl)nc12. The Morgan fingerprint density at radius 2 is 2.14 bits per heavy atom. The van der Waals surface area contributed by atoms with Gasteiger partial charge in [0.05, 0.1) is 5.69 Å². The van der Waals surface area contributed by atoms with Gasteiger partial charge in [-0.1, -0.05) is 29.8 Å². The van der Waals surface area contributed by atoms with Crippen LogP contribution in [0.1, 0.15) is 6.42 Å². The monoisotopic (exact) mass is 312 g/mol. The quantitative estimate of drug-likeness (QED) is 0.555. The van der Waals surface area contributed by atoms with Crippen LogP contribution in [0, 0.1) is 0 Å². The molecule has 2 heterocycles. The third-order valence-electron chi connectivity index (χ3n) is 3.29. The molecule has 0 aliphatic carbocycles. The third kappa shape index (κ3) is 2.80. The van der Waals surface area contributed by atoms with Gasteiger partial charge in [0.15, 0.2) is 5.65 Å².